The highest BCUT2D eigenvalue weighted by atomic mass is 32.1. The molecule has 0 unspecified atom stereocenters. The summed E-state index contributed by atoms with van der Waals surface area (Å²) >= 11 is 1.31. The number of carbonyl (C=O) groups is 2. The van der Waals surface area contributed by atoms with E-state index in [0.717, 1.165) is 21.3 Å². The van der Waals surface area contributed by atoms with Gasteiger partial charge < -0.3 is 24.8 Å². The van der Waals surface area contributed by atoms with Gasteiger partial charge in [0.05, 0.1) is 26.7 Å². The van der Waals surface area contributed by atoms with E-state index in [1.807, 2.05) is 31.2 Å². The zero-order valence-corrected chi connectivity index (χ0v) is 19.8. The number of pyridine rings is 1. The first-order valence-corrected chi connectivity index (χ1v) is 11.6. The minimum Gasteiger partial charge on any atom is -0.456 e. The molecule has 5 rings (SSSR count). The lowest BCUT2D eigenvalue weighted by Crippen LogP contribution is -2.29. The van der Waals surface area contributed by atoms with Gasteiger partial charge in [-0.15, -0.1) is 11.3 Å². The van der Waals surface area contributed by atoms with Crippen molar-refractivity contribution in [1.29, 1.82) is 0 Å². The topological polar surface area (TPSA) is 106 Å². The Morgan fingerprint density at radius 2 is 2.03 bits per heavy atom. The maximum atomic E-state index is 13.0. The molecule has 2 amide bonds. The van der Waals surface area contributed by atoms with Gasteiger partial charge in [0.15, 0.2) is 0 Å². The molecule has 0 saturated carbocycles. The van der Waals surface area contributed by atoms with Crippen LogP contribution >= 0.6 is 11.3 Å². The van der Waals surface area contributed by atoms with Gasteiger partial charge >= 0.3 is 6.03 Å². The van der Waals surface area contributed by atoms with Gasteiger partial charge in [0.1, 0.15) is 17.6 Å². The van der Waals surface area contributed by atoms with Crippen molar-refractivity contribution in [1.82, 2.24) is 19.8 Å². The number of nitrogens with zero attached hydrogens (tertiary/aromatic N) is 3. The summed E-state index contributed by atoms with van der Waals surface area (Å²) in [6.07, 6.45) is 0.563. The molecule has 176 valence electrons. The highest BCUT2D eigenvalue weighted by molar-refractivity contribution is 7.21. The van der Waals surface area contributed by atoms with Gasteiger partial charge in [-0.1, -0.05) is 0 Å². The Hall–Kier alpha value is -3.47. The number of hydrogen-bond acceptors (Lipinski definition) is 7. The van der Waals surface area contributed by atoms with Gasteiger partial charge in [0, 0.05) is 50.6 Å². The van der Waals surface area contributed by atoms with Crippen LogP contribution in [0.1, 0.15) is 15.4 Å². The van der Waals surface area contributed by atoms with Crippen molar-refractivity contribution >= 4 is 44.4 Å². The molecule has 1 saturated heterocycles. The number of hydrogen-bond donors (Lipinski definition) is 2. The quantitative estimate of drug-likeness (QED) is 0.464. The van der Waals surface area contributed by atoms with E-state index in [1.165, 1.54) is 18.4 Å². The largest absolute Gasteiger partial charge is 0.456 e. The molecule has 4 aromatic rings. The third kappa shape index (κ3) is 3.79. The molecule has 1 aliphatic rings. The number of β-amino-alcohol motifs (C(OH)–C–C–N with tert-alkyl or cyclic N) is 1. The number of fused-ring (bicyclic) bond motifs is 2. The van der Waals surface area contributed by atoms with Crippen LogP contribution in [0, 0.1) is 6.92 Å². The number of methoxy groups -OCH3 is 1. The summed E-state index contributed by atoms with van der Waals surface area (Å²) < 4.78 is 13.8. The number of likely N-dealkylation sites (tertiary alicyclic amines) is 1. The maximum absolute atomic E-state index is 13.0. The van der Waals surface area contributed by atoms with Crippen molar-refractivity contribution in [2.24, 2.45) is 0 Å². The molecule has 0 bridgehead atoms. The number of carbonyl (C=O) groups excluding carboxylic acids is 2. The van der Waals surface area contributed by atoms with E-state index in [9.17, 15) is 14.7 Å². The molecule has 0 aliphatic carbocycles. The summed E-state index contributed by atoms with van der Waals surface area (Å²) in [5.41, 5.74) is 2.27. The molecule has 1 fully saturated rings. The van der Waals surface area contributed by atoms with E-state index in [1.54, 1.807) is 34.8 Å². The standard InChI is InChI=1S/C24H24N4O5S/c1-13-8-14-9-15(4-5-17(14)28(13)24(31)25-2)33-19-6-7-26-16-10-21(34-22(16)19)23(30)27-11-18(29)20(12-27)32-3/h4-10,18,20,29H,11-12H2,1-3H3,(H,25,31)/t18-,20-/m0/s1. The molecule has 2 atom stereocenters. The van der Waals surface area contributed by atoms with Crippen molar-refractivity contribution in [3.05, 3.63) is 53.2 Å². The monoisotopic (exact) mass is 480 g/mol. The van der Waals surface area contributed by atoms with Gasteiger partial charge in [0.2, 0.25) is 0 Å². The Labute approximate surface area is 199 Å². The second-order valence-electron chi connectivity index (χ2n) is 8.18. The van der Waals surface area contributed by atoms with Crippen LogP contribution in [0.5, 0.6) is 11.5 Å². The average molecular weight is 481 g/mol. The Balaban J connectivity index is 1.44. The number of aliphatic hydroxyl groups is 1. The number of aliphatic hydroxyl groups excluding tert-OH is 1. The van der Waals surface area contributed by atoms with Crippen LogP contribution in [-0.2, 0) is 4.74 Å². The number of rotatable bonds is 4. The van der Waals surface area contributed by atoms with E-state index >= 15 is 0 Å². The lowest BCUT2D eigenvalue weighted by Gasteiger charge is -2.14. The van der Waals surface area contributed by atoms with Crippen molar-refractivity contribution in [3.8, 4) is 11.5 Å². The minimum absolute atomic E-state index is 0.167. The summed E-state index contributed by atoms with van der Waals surface area (Å²) in [5, 5.41) is 13.6. The minimum atomic E-state index is -0.697. The van der Waals surface area contributed by atoms with E-state index in [-0.39, 0.29) is 24.6 Å². The molecule has 2 N–H and O–H groups in total. The van der Waals surface area contributed by atoms with Gasteiger partial charge in [-0.3, -0.25) is 14.3 Å². The summed E-state index contributed by atoms with van der Waals surface area (Å²) in [7, 11) is 3.13. The predicted octanol–water partition coefficient (Wildman–Crippen LogP) is 3.37. The molecule has 3 aromatic heterocycles. The Morgan fingerprint density at radius 3 is 2.76 bits per heavy atom. The van der Waals surface area contributed by atoms with Crippen molar-refractivity contribution < 1.29 is 24.2 Å². The first-order chi connectivity index (χ1) is 16.4. The third-order valence-corrected chi connectivity index (χ3v) is 7.14. The number of thiophene rings is 1. The fourth-order valence-electron chi connectivity index (χ4n) is 4.31. The molecule has 1 aromatic carbocycles. The molecule has 0 radical (unpaired) electrons. The fourth-order valence-corrected chi connectivity index (χ4v) is 5.35. The van der Waals surface area contributed by atoms with Crippen LogP contribution in [0.25, 0.3) is 21.1 Å². The number of ether oxygens (including phenoxy) is 2. The smallest absolute Gasteiger partial charge is 0.325 e. The summed E-state index contributed by atoms with van der Waals surface area (Å²) in [5.74, 6) is 1.04. The number of benzene rings is 1. The average Bonchev–Trinajstić information content (AvgIpc) is 3.52. The second-order valence-corrected chi connectivity index (χ2v) is 9.24. The summed E-state index contributed by atoms with van der Waals surface area (Å²) in [4.78, 5) is 31.7. The third-order valence-electron chi connectivity index (χ3n) is 6.02. The molecule has 9 nitrogen and oxygen atoms in total. The number of nitrogens with one attached hydrogen (secondary N) is 1. The first-order valence-electron chi connectivity index (χ1n) is 10.8. The summed E-state index contributed by atoms with van der Waals surface area (Å²) in [6.45, 7) is 2.45. The number of aryl methyl sites for hydroxylation is 1. The van der Waals surface area contributed by atoms with Crippen LogP contribution in [0.4, 0.5) is 4.79 Å². The van der Waals surface area contributed by atoms with Crippen molar-refractivity contribution in [2.75, 3.05) is 27.2 Å². The van der Waals surface area contributed by atoms with Crippen LogP contribution in [0.2, 0.25) is 0 Å². The van der Waals surface area contributed by atoms with Gasteiger partial charge in [0.25, 0.3) is 5.91 Å². The lowest BCUT2D eigenvalue weighted by molar-refractivity contribution is 0.0215. The van der Waals surface area contributed by atoms with E-state index in [2.05, 4.69) is 10.3 Å². The molecule has 1 aliphatic heterocycles. The second kappa shape index (κ2) is 8.71. The van der Waals surface area contributed by atoms with Crippen molar-refractivity contribution in [3.63, 3.8) is 0 Å². The Kier molecular flexibility index (Phi) is 5.72. The lowest BCUT2D eigenvalue weighted by atomic mass is 10.2. The molecular weight excluding hydrogens is 456 g/mol. The SMILES string of the molecule is CNC(=O)n1c(C)cc2cc(Oc3ccnc4cc(C(=O)N5C[C@H](OC)[C@@H](O)C5)sc34)ccc21. The maximum Gasteiger partial charge on any atom is 0.325 e. The molecule has 34 heavy (non-hydrogen) atoms. The highest BCUT2D eigenvalue weighted by Gasteiger charge is 2.35. The molecular formula is C24H24N4O5S. The fraction of sp³-hybridized carbons (Fsp3) is 0.292. The van der Waals surface area contributed by atoms with Gasteiger partial charge in [-0.25, -0.2) is 4.79 Å². The summed E-state index contributed by atoms with van der Waals surface area (Å²) in [6, 6.07) is 10.8. The van der Waals surface area contributed by atoms with Crippen LogP contribution in [0.3, 0.4) is 0 Å². The van der Waals surface area contributed by atoms with Gasteiger partial charge in [-0.2, -0.15) is 0 Å². The molecule has 4 heterocycles. The number of aromatic nitrogens is 2. The highest BCUT2D eigenvalue weighted by Crippen LogP contribution is 2.36. The van der Waals surface area contributed by atoms with Crippen LogP contribution in [0.15, 0.2) is 42.6 Å². The zero-order valence-electron chi connectivity index (χ0n) is 18.9. The predicted molar refractivity (Wildman–Crippen MR) is 129 cm³/mol. The van der Waals surface area contributed by atoms with Gasteiger partial charge in [-0.05, 0) is 37.3 Å². The zero-order chi connectivity index (χ0) is 24.0. The van der Waals surface area contributed by atoms with E-state index in [0.29, 0.717) is 28.4 Å². The Bertz CT molecular complexity index is 1410. The van der Waals surface area contributed by atoms with Crippen LogP contribution < -0.4 is 10.1 Å². The molecule has 0 spiro atoms. The normalized spacial score (nSPS) is 18.1. The van der Waals surface area contributed by atoms with E-state index in [4.69, 9.17) is 9.47 Å². The van der Waals surface area contributed by atoms with Crippen LogP contribution in [-0.4, -0.2) is 71.0 Å². The first kappa shape index (κ1) is 22.3. The Morgan fingerprint density at radius 1 is 1.21 bits per heavy atom. The number of amides is 2. The van der Waals surface area contributed by atoms with E-state index < -0.39 is 6.10 Å². The van der Waals surface area contributed by atoms with Crippen molar-refractivity contribution in [2.45, 2.75) is 19.1 Å². The molecule has 10 heteroatoms.